The zero-order valence-corrected chi connectivity index (χ0v) is 15.9. The van der Waals surface area contributed by atoms with Crippen LogP contribution in [-0.2, 0) is 9.59 Å². The van der Waals surface area contributed by atoms with Gasteiger partial charge in [-0.2, -0.15) is 0 Å². The molecule has 2 heterocycles. The molecule has 2 aromatic heterocycles. The number of nitrogens with zero attached hydrogens (tertiary/aromatic N) is 2. The van der Waals surface area contributed by atoms with Crippen molar-refractivity contribution < 1.29 is 9.59 Å². The van der Waals surface area contributed by atoms with Crippen LogP contribution in [0.4, 0.5) is 10.3 Å². The molecule has 4 rings (SSSR count). The van der Waals surface area contributed by atoms with Gasteiger partial charge in [0, 0.05) is 12.8 Å². The van der Waals surface area contributed by atoms with Crippen LogP contribution < -0.4 is 10.6 Å². The average Bonchev–Trinajstić information content (AvgIpc) is 3.23. The normalized spacial score (nSPS) is 11.0. The molecule has 0 spiro atoms. The van der Waals surface area contributed by atoms with Crippen LogP contribution in [0.1, 0.15) is 19.3 Å². The second kappa shape index (κ2) is 7.81. The summed E-state index contributed by atoms with van der Waals surface area (Å²) in [6, 6.07) is 15.5. The molecule has 0 radical (unpaired) electrons. The molecule has 0 atom stereocenters. The molecule has 6 nitrogen and oxygen atoms in total. The molecule has 0 fully saturated rings. The van der Waals surface area contributed by atoms with E-state index in [1.54, 1.807) is 0 Å². The lowest BCUT2D eigenvalue weighted by Crippen LogP contribution is -2.14. The predicted molar refractivity (Wildman–Crippen MR) is 110 cm³/mol. The number of para-hydroxylation sites is 2. The van der Waals surface area contributed by atoms with Gasteiger partial charge in [0.2, 0.25) is 11.8 Å². The van der Waals surface area contributed by atoms with Crippen molar-refractivity contribution in [1.82, 2.24) is 9.97 Å². The van der Waals surface area contributed by atoms with Gasteiger partial charge in [-0.3, -0.25) is 9.59 Å². The third-order valence-electron chi connectivity index (χ3n) is 3.89. The van der Waals surface area contributed by atoms with Crippen molar-refractivity contribution in [3.63, 3.8) is 0 Å². The summed E-state index contributed by atoms with van der Waals surface area (Å²) in [6.07, 6.45) is 1.000. The molecule has 0 saturated carbocycles. The van der Waals surface area contributed by atoms with E-state index in [9.17, 15) is 9.59 Å². The summed E-state index contributed by atoms with van der Waals surface area (Å²) in [4.78, 5) is 32.9. The number of hydrogen-bond donors (Lipinski definition) is 2. The van der Waals surface area contributed by atoms with Crippen molar-refractivity contribution in [2.24, 2.45) is 0 Å². The monoisotopic (exact) mass is 396 g/mol. The minimum Gasteiger partial charge on any atom is -0.302 e. The Labute approximate surface area is 163 Å². The fraction of sp³-hybridized carbons (Fsp3) is 0.158. The number of amides is 2. The standard InChI is InChI=1S/C19H16N4O2S2/c24-16(22-18-20-12-6-1-3-8-14(12)26-18)10-5-11-17(25)23-19-21-13-7-2-4-9-15(13)27-19/h1-4,6-9H,5,10-11H2,(H,20,22,24)(H,21,23,25). The van der Waals surface area contributed by atoms with Gasteiger partial charge >= 0.3 is 0 Å². The van der Waals surface area contributed by atoms with Crippen LogP contribution in [0.15, 0.2) is 48.5 Å². The molecule has 0 unspecified atom stereocenters. The Morgan fingerprint density at radius 3 is 1.63 bits per heavy atom. The predicted octanol–water partition coefficient (Wildman–Crippen LogP) is 4.65. The largest absolute Gasteiger partial charge is 0.302 e. The summed E-state index contributed by atoms with van der Waals surface area (Å²) in [6.45, 7) is 0. The van der Waals surface area contributed by atoms with Crippen molar-refractivity contribution in [1.29, 1.82) is 0 Å². The van der Waals surface area contributed by atoms with E-state index in [0.29, 0.717) is 16.7 Å². The molecule has 4 aromatic rings. The minimum atomic E-state index is -0.137. The highest BCUT2D eigenvalue weighted by Gasteiger charge is 2.10. The molecule has 0 aliphatic heterocycles. The Balaban J connectivity index is 1.24. The van der Waals surface area contributed by atoms with Crippen molar-refractivity contribution in [3.05, 3.63) is 48.5 Å². The fourth-order valence-corrected chi connectivity index (χ4v) is 4.39. The van der Waals surface area contributed by atoms with Crippen LogP contribution in [0.3, 0.4) is 0 Å². The molecule has 2 N–H and O–H groups in total. The van der Waals surface area contributed by atoms with Crippen molar-refractivity contribution >= 4 is 65.2 Å². The summed E-state index contributed by atoms with van der Waals surface area (Å²) < 4.78 is 2.06. The molecular weight excluding hydrogens is 380 g/mol. The van der Waals surface area contributed by atoms with Gasteiger partial charge in [0.1, 0.15) is 0 Å². The maximum absolute atomic E-state index is 12.1. The molecule has 136 valence electrons. The summed E-state index contributed by atoms with van der Waals surface area (Å²) in [7, 11) is 0. The Bertz CT molecular complexity index is 965. The van der Waals surface area contributed by atoms with Gasteiger partial charge in [0.05, 0.1) is 20.4 Å². The zero-order valence-electron chi connectivity index (χ0n) is 14.3. The van der Waals surface area contributed by atoms with E-state index in [1.165, 1.54) is 22.7 Å². The smallest absolute Gasteiger partial charge is 0.226 e. The van der Waals surface area contributed by atoms with Gasteiger partial charge in [0.25, 0.3) is 0 Å². The second-order valence-electron chi connectivity index (χ2n) is 5.92. The first-order valence-electron chi connectivity index (χ1n) is 8.48. The van der Waals surface area contributed by atoms with E-state index in [2.05, 4.69) is 20.6 Å². The lowest BCUT2D eigenvalue weighted by molar-refractivity contribution is -0.117. The van der Waals surface area contributed by atoms with Gasteiger partial charge in [0.15, 0.2) is 10.3 Å². The third-order valence-corrected chi connectivity index (χ3v) is 5.79. The van der Waals surface area contributed by atoms with Gasteiger partial charge in [-0.1, -0.05) is 46.9 Å². The summed E-state index contributed by atoms with van der Waals surface area (Å²) in [5.74, 6) is -0.274. The zero-order chi connectivity index (χ0) is 18.6. The maximum Gasteiger partial charge on any atom is 0.226 e. The third kappa shape index (κ3) is 4.29. The summed E-state index contributed by atoms with van der Waals surface area (Å²) in [5.41, 5.74) is 1.74. The van der Waals surface area contributed by atoms with Crippen molar-refractivity contribution in [3.8, 4) is 0 Å². The Morgan fingerprint density at radius 1 is 0.741 bits per heavy atom. The highest BCUT2D eigenvalue weighted by Crippen LogP contribution is 2.26. The van der Waals surface area contributed by atoms with E-state index in [-0.39, 0.29) is 24.7 Å². The number of fused-ring (bicyclic) bond motifs is 2. The molecular formula is C19H16N4O2S2. The first-order chi connectivity index (χ1) is 13.2. The Hall–Kier alpha value is -2.84. The van der Waals surface area contributed by atoms with Crippen molar-refractivity contribution in [2.45, 2.75) is 19.3 Å². The number of hydrogen-bond acceptors (Lipinski definition) is 6. The maximum atomic E-state index is 12.1. The van der Waals surface area contributed by atoms with E-state index < -0.39 is 0 Å². The number of carbonyl (C=O) groups excluding carboxylic acids is 2. The first-order valence-corrected chi connectivity index (χ1v) is 10.1. The van der Waals surface area contributed by atoms with Crippen LogP contribution in [0.25, 0.3) is 20.4 Å². The molecule has 0 bridgehead atoms. The van der Waals surface area contributed by atoms with E-state index in [4.69, 9.17) is 0 Å². The average molecular weight is 396 g/mol. The SMILES string of the molecule is O=C(CCCC(=O)Nc1nc2ccccc2s1)Nc1nc2ccccc2s1. The van der Waals surface area contributed by atoms with Crippen LogP contribution in [-0.4, -0.2) is 21.8 Å². The molecule has 27 heavy (non-hydrogen) atoms. The number of aromatic nitrogens is 2. The number of benzene rings is 2. The minimum absolute atomic E-state index is 0.137. The summed E-state index contributed by atoms with van der Waals surface area (Å²) in [5, 5.41) is 6.76. The van der Waals surface area contributed by atoms with Crippen LogP contribution >= 0.6 is 22.7 Å². The van der Waals surface area contributed by atoms with Gasteiger partial charge in [-0.25, -0.2) is 9.97 Å². The fourth-order valence-electron chi connectivity index (χ4n) is 2.62. The lowest BCUT2D eigenvalue weighted by Gasteiger charge is -2.02. The van der Waals surface area contributed by atoms with E-state index in [0.717, 1.165) is 20.4 Å². The molecule has 0 saturated heterocycles. The Morgan fingerprint density at radius 2 is 1.19 bits per heavy atom. The lowest BCUT2D eigenvalue weighted by atomic mass is 10.2. The van der Waals surface area contributed by atoms with Gasteiger partial charge < -0.3 is 10.6 Å². The van der Waals surface area contributed by atoms with Crippen LogP contribution in [0, 0.1) is 0 Å². The molecule has 0 aliphatic carbocycles. The first kappa shape index (κ1) is 17.6. The Kier molecular flexibility index (Phi) is 5.08. The van der Waals surface area contributed by atoms with Gasteiger partial charge in [-0.05, 0) is 30.7 Å². The number of anilines is 2. The van der Waals surface area contributed by atoms with E-state index >= 15 is 0 Å². The molecule has 8 heteroatoms. The topological polar surface area (TPSA) is 84.0 Å². The molecule has 0 aliphatic rings. The van der Waals surface area contributed by atoms with Gasteiger partial charge in [-0.15, -0.1) is 0 Å². The second-order valence-corrected chi connectivity index (χ2v) is 7.98. The number of rotatable bonds is 6. The number of nitrogens with one attached hydrogen (secondary N) is 2. The van der Waals surface area contributed by atoms with Crippen LogP contribution in [0.5, 0.6) is 0 Å². The van der Waals surface area contributed by atoms with Crippen molar-refractivity contribution in [2.75, 3.05) is 10.6 Å². The number of thiazole rings is 2. The molecule has 2 aromatic carbocycles. The number of carbonyl (C=O) groups is 2. The van der Waals surface area contributed by atoms with Crippen LogP contribution in [0.2, 0.25) is 0 Å². The quantitative estimate of drug-likeness (QED) is 0.497. The highest BCUT2D eigenvalue weighted by atomic mass is 32.1. The van der Waals surface area contributed by atoms with E-state index in [1.807, 2.05) is 48.5 Å². The highest BCUT2D eigenvalue weighted by molar-refractivity contribution is 7.22. The summed E-state index contributed by atoms with van der Waals surface area (Å²) >= 11 is 2.88. The molecule has 2 amide bonds.